The van der Waals surface area contributed by atoms with Crippen molar-refractivity contribution in [1.29, 1.82) is 0 Å². The molecule has 1 heterocycles. The van der Waals surface area contributed by atoms with E-state index in [9.17, 15) is 4.79 Å². The van der Waals surface area contributed by atoms with Crippen molar-refractivity contribution >= 4 is 18.5 Å². The van der Waals surface area contributed by atoms with E-state index in [1.165, 1.54) is 0 Å². The summed E-state index contributed by atoms with van der Waals surface area (Å²) in [6.07, 6.45) is 5.48. The lowest BCUT2D eigenvalue weighted by Gasteiger charge is -2.23. The highest BCUT2D eigenvalue weighted by Gasteiger charge is 2.43. The van der Waals surface area contributed by atoms with Gasteiger partial charge in [0.2, 0.25) is 5.91 Å². The summed E-state index contributed by atoms with van der Waals surface area (Å²) < 4.78 is 5.54. The molecular formula is C12H21NO2S. The van der Waals surface area contributed by atoms with Gasteiger partial charge < -0.3 is 9.64 Å². The predicted molar refractivity (Wildman–Crippen MR) is 66.7 cm³/mol. The lowest BCUT2D eigenvalue weighted by atomic mass is 10.0. The molecule has 3 nitrogen and oxygen atoms in total. The third-order valence-corrected chi connectivity index (χ3v) is 4.42. The average Bonchev–Trinajstić information content (AvgIpc) is 2.85. The van der Waals surface area contributed by atoms with Crippen LogP contribution in [0.25, 0.3) is 0 Å². The molecule has 0 aromatic heterocycles. The summed E-state index contributed by atoms with van der Waals surface area (Å²) in [5, 5.41) is 0. The van der Waals surface area contributed by atoms with Crippen molar-refractivity contribution in [2.75, 3.05) is 26.0 Å². The maximum atomic E-state index is 12.0. The van der Waals surface area contributed by atoms with Crippen molar-refractivity contribution in [1.82, 2.24) is 4.90 Å². The maximum Gasteiger partial charge on any atom is 0.222 e. The molecule has 92 valence electrons. The van der Waals surface area contributed by atoms with E-state index in [4.69, 9.17) is 4.74 Å². The number of ether oxygens (including phenoxy) is 1. The highest BCUT2D eigenvalue weighted by Crippen LogP contribution is 2.49. The van der Waals surface area contributed by atoms with Crippen LogP contribution >= 0.6 is 12.6 Å². The highest BCUT2D eigenvalue weighted by atomic mass is 32.1. The molecule has 2 rings (SSSR count). The number of likely N-dealkylation sites (N-methyl/N-ethyl adjacent to an activating group) is 1. The molecule has 0 aromatic carbocycles. The number of carbonyl (C=O) groups excluding carboxylic acids is 1. The zero-order chi connectivity index (χ0) is 11.6. The van der Waals surface area contributed by atoms with Gasteiger partial charge in [0.1, 0.15) is 0 Å². The van der Waals surface area contributed by atoms with E-state index in [2.05, 4.69) is 12.6 Å². The number of amides is 1. The summed E-state index contributed by atoms with van der Waals surface area (Å²) in [6, 6.07) is 0. The van der Waals surface area contributed by atoms with Crippen molar-refractivity contribution in [2.45, 2.75) is 38.2 Å². The quantitative estimate of drug-likeness (QED) is 0.745. The summed E-state index contributed by atoms with van der Waals surface area (Å²) in [5.74, 6) is 1.09. The fourth-order valence-electron chi connectivity index (χ4n) is 2.22. The van der Waals surface area contributed by atoms with Gasteiger partial charge in [-0.15, -0.1) is 0 Å². The fourth-order valence-corrected chi connectivity index (χ4v) is 2.65. The maximum absolute atomic E-state index is 12.0. The molecule has 0 aromatic rings. The molecule has 1 atom stereocenters. The first-order chi connectivity index (χ1) is 7.65. The van der Waals surface area contributed by atoms with Gasteiger partial charge in [-0.05, 0) is 36.9 Å². The van der Waals surface area contributed by atoms with Gasteiger partial charge in [0.05, 0.1) is 6.10 Å². The zero-order valence-corrected chi connectivity index (χ0v) is 10.8. The van der Waals surface area contributed by atoms with Gasteiger partial charge in [-0.25, -0.2) is 0 Å². The van der Waals surface area contributed by atoms with E-state index in [-0.39, 0.29) is 17.4 Å². The molecule has 0 spiro atoms. The summed E-state index contributed by atoms with van der Waals surface area (Å²) in [6.45, 7) is 1.61. The Kier molecular flexibility index (Phi) is 3.80. The Balaban J connectivity index is 1.75. The molecule has 1 saturated carbocycles. The standard InChI is InChI=1S/C12H21NO2S/c1-13(8-10-3-2-6-15-10)11(14)7-12(9-16)4-5-12/h10,16H,2-9H2,1H3. The predicted octanol–water partition coefficient (Wildman–Crippen LogP) is 1.72. The minimum atomic E-state index is 0.227. The molecule has 1 aliphatic carbocycles. The van der Waals surface area contributed by atoms with Gasteiger partial charge in [-0.2, -0.15) is 12.6 Å². The van der Waals surface area contributed by atoms with Crippen molar-refractivity contribution in [3.05, 3.63) is 0 Å². The third-order valence-electron chi connectivity index (χ3n) is 3.75. The summed E-state index contributed by atoms with van der Waals surface area (Å²) in [5.41, 5.74) is 0.227. The normalized spacial score (nSPS) is 26.8. The molecule has 2 aliphatic rings. The second-order valence-electron chi connectivity index (χ2n) is 5.24. The lowest BCUT2D eigenvalue weighted by molar-refractivity contribution is -0.132. The molecule has 1 saturated heterocycles. The van der Waals surface area contributed by atoms with Crippen molar-refractivity contribution < 1.29 is 9.53 Å². The molecule has 0 N–H and O–H groups in total. The molecule has 1 aliphatic heterocycles. The Morgan fingerprint density at radius 2 is 2.31 bits per heavy atom. The van der Waals surface area contributed by atoms with E-state index in [0.29, 0.717) is 6.42 Å². The van der Waals surface area contributed by atoms with E-state index >= 15 is 0 Å². The first-order valence-electron chi connectivity index (χ1n) is 6.12. The number of thiol groups is 1. The Hall–Kier alpha value is -0.220. The minimum absolute atomic E-state index is 0.227. The van der Waals surface area contributed by atoms with Gasteiger partial charge in [0, 0.05) is 26.6 Å². The second kappa shape index (κ2) is 4.96. The van der Waals surface area contributed by atoms with Crippen LogP contribution in [0.15, 0.2) is 0 Å². The monoisotopic (exact) mass is 243 g/mol. The average molecular weight is 243 g/mol. The van der Waals surface area contributed by atoms with Crippen molar-refractivity contribution in [3.8, 4) is 0 Å². The van der Waals surface area contributed by atoms with Crippen LogP contribution in [0.2, 0.25) is 0 Å². The number of rotatable bonds is 5. The minimum Gasteiger partial charge on any atom is -0.376 e. The van der Waals surface area contributed by atoms with Gasteiger partial charge in [-0.1, -0.05) is 0 Å². The van der Waals surface area contributed by atoms with Crippen LogP contribution in [0.4, 0.5) is 0 Å². The van der Waals surface area contributed by atoms with Crippen LogP contribution in [0.3, 0.4) is 0 Å². The highest BCUT2D eigenvalue weighted by molar-refractivity contribution is 7.80. The fraction of sp³-hybridized carbons (Fsp3) is 0.917. The molecule has 1 unspecified atom stereocenters. The SMILES string of the molecule is CN(CC1CCCO1)C(=O)CC1(CS)CC1. The third kappa shape index (κ3) is 2.92. The van der Waals surface area contributed by atoms with Crippen LogP contribution in [0.5, 0.6) is 0 Å². The number of hydrogen-bond acceptors (Lipinski definition) is 3. The Bertz CT molecular complexity index is 260. The van der Waals surface area contributed by atoms with Gasteiger partial charge >= 0.3 is 0 Å². The zero-order valence-electron chi connectivity index (χ0n) is 9.95. The van der Waals surface area contributed by atoms with Gasteiger partial charge in [-0.3, -0.25) is 4.79 Å². The van der Waals surface area contributed by atoms with Gasteiger partial charge in [0.15, 0.2) is 0 Å². The molecule has 2 fully saturated rings. The largest absolute Gasteiger partial charge is 0.376 e. The number of hydrogen-bond donors (Lipinski definition) is 1. The first-order valence-corrected chi connectivity index (χ1v) is 6.75. The second-order valence-corrected chi connectivity index (χ2v) is 5.56. The molecule has 16 heavy (non-hydrogen) atoms. The summed E-state index contributed by atoms with van der Waals surface area (Å²) >= 11 is 4.33. The van der Waals surface area contributed by atoms with E-state index in [1.54, 1.807) is 0 Å². The molecule has 4 heteroatoms. The van der Waals surface area contributed by atoms with Crippen LogP contribution < -0.4 is 0 Å². The molecule has 1 amide bonds. The van der Waals surface area contributed by atoms with Crippen molar-refractivity contribution in [3.63, 3.8) is 0 Å². The van der Waals surface area contributed by atoms with Crippen LogP contribution in [0.1, 0.15) is 32.1 Å². The van der Waals surface area contributed by atoms with E-state index < -0.39 is 0 Å². The molecular weight excluding hydrogens is 222 g/mol. The summed E-state index contributed by atoms with van der Waals surface area (Å²) in [4.78, 5) is 13.8. The lowest BCUT2D eigenvalue weighted by Crippen LogP contribution is -2.35. The van der Waals surface area contributed by atoms with Crippen molar-refractivity contribution in [2.24, 2.45) is 5.41 Å². The van der Waals surface area contributed by atoms with Gasteiger partial charge in [0.25, 0.3) is 0 Å². The van der Waals surface area contributed by atoms with E-state index in [0.717, 1.165) is 44.6 Å². The number of nitrogens with zero attached hydrogens (tertiary/aromatic N) is 1. The Labute approximate surface area is 103 Å². The smallest absolute Gasteiger partial charge is 0.222 e. The first kappa shape index (κ1) is 12.2. The molecule has 0 radical (unpaired) electrons. The number of carbonyl (C=O) groups is 1. The Morgan fingerprint density at radius 1 is 1.56 bits per heavy atom. The van der Waals surface area contributed by atoms with Crippen LogP contribution in [-0.4, -0.2) is 42.9 Å². The summed E-state index contributed by atoms with van der Waals surface area (Å²) in [7, 11) is 1.89. The molecule has 0 bridgehead atoms. The van der Waals surface area contributed by atoms with Crippen LogP contribution in [0, 0.1) is 5.41 Å². The topological polar surface area (TPSA) is 29.5 Å². The Morgan fingerprint density at radius 3 is 2.81 bits per heavy atom. The van der Waals surface area contributed by atoms with E-state index in [1.807, 2.05) is 11.9 Å². The van der Waals surface area contributed by atoms with Crippen LogP contribution in [-0.2, 0) is 9.53 Å².